The molecule has 0 aliphatic rings. The molecule has 0 radical (unpaired) electrons. The van der Waals surface area contributed by atoms with E-state index in [9.17, 15) is 4.39 Å². The maximum Gasteiger partial charge on any atom is 0.165 e. The Kier molecular flexibility index (Phi) is 4.81. The van der Waals surface area contributed by atoms with Gasteiger partial charge in [-0.3, -0.25) is 0 Å². The van der Waals surface area contributed by atoms with Crippen LogP contribution in [0.5, 0.6) is 0 Å². The molecule has 28 heavy (non-hydrogen) atoms. The highest BCUT2D eigenvalue weighted by atomic mass is 19.1. The Morgan fingerprint density at radius 1 is 1.07 bits per heavy atom. The van der Waals surface area contributed by atoms with E-state index >= 15 is 0 Å². The summed E-state index contributed by atoms with van der Waals surface area (Å²) in [7, 11) is 0. The first-order valence-corrected chi connectivity index (χ1v) is 9.36. The van der Waals surface area contributed by atoms with Gasteiger partial charge in [-0.15, -0.1) is 0 Å². The molecule has 6 nitrogen and oxygen atoms in total. The number of rotatable bonds is 6. The zero-order chi connectivity index (χ0) is 19.7. The lowest BCUT2D eigenvalue weighted by Gasteiger charge is -2.13. The van der Waals surface area contributed by atoms with E-state index in [0.717, 1.165) is 59.1 Å². The third-order valence-electron chi connectivity index (χ3n) is 5.00. The molecule has 0 fully saturated rings. The summed E-state index contributed by atoms with van der Waals surface area (Å²) in [5, 5.41) is 8.25. The second-order valence-corrected chi connectivity index (χ2v) is 6.95. The van der Waals surface area contributed by atoms with E-state index < -0.39 is 0 Å². The summed E-state index contributed by atoms with van der Waals surface area (Å²) in [5.41, 5.74) is 5.52. The Morgan fingerprint density at radius 3 is 2.57 bits per heavy atom. The number of halogens is 1. The van der Waals surface area contributed by atoms with Gasteiger partial charge in [-0.2, -0.15) is 9.61 Å². The second kappa shape index (κ2) is 7.42. The third-order valence-corrected chi connectivity index (χ3v) is 5.00. The fourth-order valence-electron chi connectivity index (χ4n) is 3.40. The first-order chi connectivity index (χ1) is 13.5. The topological polar surface area (TPSA) is 60.0 Å². The van der Waals surface area contributed by atoms with E-state index in [1.165, 1.54) is 12.1 Å². The lowest BCUT2D eigenvalue weighted by Crippen LogP contribution is -2.12. The Hall–Kier alpha value is -3.22. The minimum Gasteiger partial charge on any atom is -0.370 e. The quantitative estimate of drug-likeness (QED) is 0.512. The van der Waals surface area contributed by atoms with Gasteiger partial charge in [-0.1, -0.05) is 12.1 Å². The van der Waals surface area contributed by atoms with Crippen LogP contribution in [0.1, 0.15) is 23.4 Å². The highest BCUT2D eigenvalue weighted by Crippen LogP contribution is 2.30. The number of imidazole rings is 1. The van der Waals surface area contributed by atoms with Crippen LogP contribution in [0.4, 0.5) is 10.2 Å². The zero-order valence-electron chi connectivity index (χ0n) is 16.3. The summed E-state index contributed by atoms with van der Waals surface area (Å²) in [6.07, 6.45) is 6.54. The van der Waals surface area contributed by atoms with E-state index in [1.807, 2.05) is 30.9 Å². The molecule has 1 N–H and O–H groups in total. The molecule has 0 unspecified atom stereocenters. The average Bonchev–Trinajstić information content (AvgIpc) is 3.30. The number of benzene rings is 1. The van der Waals surface area contributed by atoms with Gasteiger partial charge in [0.05, 0.1) is 12.0 Å². The van der Waals surface area contributed by atoms with E-state index in [0.29, 0.717) is 0 Å². The normalized spacial score (nSPS) is 11.3. The first-order valence-electron chi connectivity index (χ1n) is 9.36. The van der Waals surface area contributed by atoms with Gasteiger partial charge in [0.25, 0.3) is 0 Å². The van der Waals surface area contributed by atoms with Crippen LogP contribution in [-0.2, 0) is 6.54 Å². The van der Waals surface area contributed by atoms with Crippen molar-refractivity contribution in [3.8, 4) is 11.1 Å². The molecule has 0 saturated carbocycles. The molecule has 0 aliphatic heterocycles. The third kappa shape index (κ3) is 3.35. The Balaban J connectivity index is 1.67. The second-order valence-electron chi connectivity index (χ2n) is 6.95. The smallest absolute Gasteiger partial charge is 0.165 e. The maximum atomic E-state index is 13.3. The average molecular weight is 378 g/mol. The summed E-state index contributed by atoms with van der Waals surface area (Å²) in [6, 6.07) is 6.48. The van der Waals surface area contributed by atoms with Crippen molar-refractivity contribution in [3.05, 3.63) is 65.8 Å². The van der Waals surface area contributed by atoms with Crippen LogP contribution in [0.25, 0.3) is 16.8 Å². The van der Waals surface area contributed by atoms with Crippen molar-refractivity contribution < 1.29 is 4.39 Å². The van der Waals surface area contributed by atoms with Gasteiger partial charge in [0, 0.05) is 42.3 Å². The molecule has 4 aromatic rings. The minimum atomic E-state index is -0.252. The number of hydrogen-bond donors (Lipinski definition) is 1. The lowest BCUT2D eigenvalue weighted by molar-refractivity contribution is 0.628. The number of fused-ring (bicyclic) bond motifs is 1. The largest absolute Gasteiger partial charge is 0.370 e. The van der Waals surface area contributed by atoms with Crippen LogP contribution in [0.2, 0.25) is 0 Å². The molecular weight excluding hydrogens is 355 g/mol. The van der Waals surface area contributed by atoms with Crippen molar-refractivity contribution in [1.82, 2.24) is 24.1 Å². The van der Waals surface area contributed by atoms with Crippen LogP contribution in [0.3, 0.4) is 0 Å². The summed E-state index contributed by atoms with van der Waals surface area (Å²) in [5.74, 6) is 0.697. The van der Waals surface area contributed by atoms with Gasteiger partial charge in [0.15, 0.2) is 5.65 Å². The van der Waals surface area contributed by atoms with Crippen molar-refractivity contribution in [2.45, 2.75) is 33.7 Å². The number of nitrogens with one attached hydrogen (secondary N) is 1. The van der Waals surface area contributed by atoms with Gasteiger partial charge < -0.3 is 9.88 Å². The van der Waals surface area contributed by atoms with Gasteiger partial charge in [0.2, 0.25) is 0 Å². The van der Waals surface area contributed by atoms with Gasteiger partial charge in [-0.25, -0.2) is 14.4 Å². The molecule has 0 atom stereocenters. The number of nitrogens with zero attached hydrogens (tertiary/aromatic N) is 5. The minimum absolute atomic E-state index is 0.252. The predicted octanol–water partition coefficient (Wildman–Crippen LogP) is 4.16. The van der Waals surface area contributed by atoms with Gasteiger partial charge >= 0.3 is 0 Å². The summed E-state index contributed by atoms with van der Waals surface area (Å²) in [4.78, 5) is 8.85. The van der Waals surface area contributed by atoms with Crippen LogP contribution in [0, 0.1) is 26.6 Å². The molecule has 0 spiro atoms. The molecule has 7 heteroatoms. The molecule has 0 aliphatic carbocycles. The fourth-order valence-corrected chi connectivity index (χ4v) is 3.40. The fraction of sp³-hybridized carbons (Fsp3) is 0.286. The van der Waals surface area contributed by atoms with Crippen LogP contribution >= 0.6 is 0 Å². The zero-order valence-corrected chi connectivity index (χ0v) is 16.3. The summed E-state index contributed by atoms with van der Waals surface area (Å²) < 4.78 is 17.3. The standard InChI is InChI=1S/C21H23FN6/c1-14-15(2)25-21-19(17-5-7-18(22)8-6-17)16(3)26-28(21)20(14)24-9-4-11-27-12-10-23-13-27/h5-8,10,12-13,24H,4,9,11H2,1-3H3. The maximum absolute atomic E-state index is 13.3. The van der Waals surface area contributed by atoms with Crippen LogP contribution in [-0.4, -0.2) is 30.7 Å². The van der Waals surface area contributed by atoms with Gasteiger partial charge in [0.1, 0.15) is 11.6 Å². The molecule has 144 valence electrons. The molecule has 3 heterocycles. The van der Waals surface area contributed by atoms with E-state index in [2.05, 4.69) is 21.8 Å². The van der Waals surface area contributed by atoms with Crippen LogP contribution < -0.4 is 5.32 Å². The highest BCUT2D eigenvalue weighted by Gasteiger charge is 2.18. The molecular formula is C21H23FN6. The number of aromatic nitrogens is 5. The molecule has 4 rings (SSSR count). The van der Waals surface area contributed by atoms with Crippen LogP contribution in [0.15, 0.2) is 43.0 Å². The lowest BCUT2D eigenvalue weighted by atomic mass is 10.1. The predicted molar refractivity (Wildman–Crippen MR) is 108 cm³/mol. The number of hydrogen-bond acceptors (Lipinski definition) is 4. The summed E-state index contributed by atoms with van der Waals surface area (Å²) in [6.45, 7) is 7.72. The molecule has 0 saturated heterocycles. The Morgan fingerprint density at radius 2 is 1.86 bits per heavy atom. The molecule has 3 aromatic heterocycles. The number of aryl methyl sites for hydroxylation is 3. The monoisotopic (exact) mass is 378 g/mol. The van der Waals surface area contributed by atoms with Crippen molar-refractivity contribution in [3.63, 3.8) is 0 Å². The van der Waals surface area contributed by atoms with Crippen molar-refractivity contribution in [2.24, 2.45) is 0 Å². The highest BCUT2D eigenvalue weighted by molar-refractivity contribution is 5.81. The Labute approximate surface area is 163 Å². The SMILES string of the molecule is Cc1nc2c(-c3ccc(F)cc3)c(C)nn2c(NCCCn2ccnc2)c1C. The van der Waals surface area contributed by atoms with Crippen molar-refractivity contribution in [2.75, 3.05) is 11.9 Å². The van der Waals surface area contributed by atoms with Gasteiger partial charge in [-0.05, 0) is 44.9 Å². The van der Waals surface area contributed by atoms with Crippen molar-refractivity contribution >= 4 is 11.5 Å². The van der Waals surface area contributed by atoms with E-state index in [4.69, 9.17) is 10.1 Å². The molecule has 0 amide bonds. The Bertz CT molecular complexity index is 1100. The molecule has 0 bridgehead atoms. The van der Waals surface area contributed by atoms with Crippen molar-refractivity contribution in [1.29, 1.82) is 0 Å². The number of anilines is 1. The molecule has 1 aromatic carbocycles. The first kappa shape index (κ1) is 18.2. The summed E-state index contributed by atoms with van der Waals surface area (Å²) >= 11 is 0. The van der Waals surface area contributed by atoms with E-state index in [1.54, 1.807) is 18.3 Å². The van der Waals surface area contributed by atoms with E-state index in [-0.39, 0.29) is 5.82 Å².